The molecule has 1 heterocycles. The van der Waals surface area contributed by atoms with Gasteiger partial charge in [-0.2, -0.15) is 0 Å². The van der Waals surface area contributed by atoms with Gasteiger partial charge in [0.2, 0.25) is 5.43 Å². The monoisotopic (exact) mass is 276 g/mol. The van der Waals surface area contributed by atoms with E-state index in [1.165, 1.54) is 13.2 Å². The number of rotatable bonds is 4. The Kier molecular flexibility index (Phi) is 4.05. The fourth-order valence-electron chi connectivity index (χ4n) is 1.49. The highest BCUT2D eigenvalue weighted by atomic mass is 16.5. The molecule has 0 radical (unpaired) electrons. The van der Waals surface area contributed by atoms with Crippen LogP contribution in [0.3, 0.4) is 0 Å². The van der Waals surface area contributed by atoms with Crippen molar-refractivity contribution >= 4 is 5.97 Å². The minimum atomic E-state index is -0.594. The van der Waals surface area contributed by atoms with Crippen molar-refractivity contribution in [1.82, 2.24) is 0 Å². The van der Waals surface area contributed by atoms with Crippen LogP contribution in [0.1, 0.15) is 16.1 Å². The van der Waals surface area contributed by atoms with Crippen molar-refractivity contribution in [3.05, 3.63) is 58.1 Å². The molecule has 0 aliphatic rings. The highest BCUT2D eigenvalue weighted by molar-refractivity contribution is 5.89. The van der Waals surface area contributed by atoms with E-state index in [4.69, 9.17) is 19.0 Å². The van der Waals surface area contributed by atoms with Crippen LogP contribution in [0, 0.1) is 0 Å². The summed E-state index contributed by atoms with van der Waals surface area (Å²) in [5.41, 5.74) is -0.269. The Bertz CT molecular complexity index is 673. The lowest BCUT2D eigenvalue weighted by molar-refractivity contribution is 0.0442. The summed E-state index contributed by atoms with van der Waals surface area (Å²) in [7, 11) is 1.50. The fourth-order valence-corrected chi connectivity index (χ4v) is 1.49. The van der Waals surface area contributed by atoms with E-state index >= 15 is 0 Å². The van der Waals surface area contributed by atoms with Crippen LogP contribution in [-0.2, 0) is 11.3 Å². The maximum Gasteiger partial charge on any atom is 0.338 e. The van der Waals surface area contributed by atoms with Crippen LogP contribution < -0.4 is 10.2 Å². The largest absolute Gasteiger partial charge is 0.502 e. The van der Waals surface area contributed by atoms with E-state index < -0.39 is 17.1 Å². The van der Waals surface area contributed by atoms with E-state index in [0.29, 0.717) is 11.3 Å². The van der Waals surface area contributed by atoms with E-state index in [1.807, 2.05) is 0 Å². The Morgan fingerprint density at radius 1 is 1.35 bits per heavy atom. The van der Waals surface area contributed by atoms with Crippen LogP contribution in [-0.4, -0.2) is 18.2 Å². The lowest BCUT2D eigenvalue weighted by atomic mass is 10.2. The van der Waals surface area contributed by atoms with Crippen LogP contribution >= 0.6 is 0 Å². The molecule has 2 aromatic rings. The summed E-state index contributed by atoms with van der Waals surface area (Å²) >= 11 is 0. The van der Waals surface area contributed by atoms with E-state index in [0.717, 1.165) is 12.3 Å². The maximum absolute atomic E-state index is 11.8. The molecule has 0 amide bonds. The van der Waals surface area contributed by atoms with Crippen molar-refractivity contribution in [2.75, 3.05) is 7.11 Å². The van der Waals surface area contributed by atoms with Crippen LogP contribution in [0.4, 0.5) is 0 Å². The van der Waals surface area contributed by atoms with Gasteiger partial charge in [0.25, 0.3) is 0 Å². The first-order valence-corrected chi connectivity index (χ1v) is 5.72. The molecule has 2 rings (SSSR count). The minimum absolute atomic E-state index is 0.143. The Balaban J connectivity index is 2.04. The molecule has 0 spiro atoms. The third kappa shape index (κ3) is 3.17. The molecular formula is C14H12O6. The zero-order valence-corrected chi connectivity index (χ0v) is 10.7. The minimum Gasteiger partial charge on any atom is -0.502 e. The van der Waals surface area contributed by atoms with E-state index in [2.05, 4.69) is 0 Å². The summed E-state index contributed by atoms with van der Waals surface area (Å²) in [5.74, 6) is -0.382. The van der Waals surface area contributed by atoms with Crippen LogP contribution in [0.2, 0.25) is 0 Å². The lowest BCUT2D eigenvalue weighted by Crippen LogP contribution is -2.07. The Morgan fingerprint density at radius 3 is 2.85 bits per heavy atom. The molecule has 0 atom stereocenters. The van der Waals surface area contributed by atoms with Crippen molar-refractivity contribution in [1.29, 1.82) is 0 Å². The second kappa shape index (κ2) is 5.92. The number of carbonyl (C=O) groups excluding carboxylic acids is 1. The van der Waals surface area contributed by atoms with Crippen molar-refractivity contribution < 1.29 is 23.8 Å². The molecule has 0 aliphatic heterocycles. The number of benzene rings is 1. The average molecular weight is 276 g/mol. The molecule has 0 aliphatic carbocycles. The predicted molar refractivity (Wildman–Crippen MR) is 68.8 cm³/mol. The van der Waals surface area contributed by atoms with Crippen molar-refractivity contribution in [2.24, 2.45) is 0 Å². The maximum atomic E-state index is 11.8. The third-order valence-corrected chi connectivity index (χ3v) is 2.52. The Morgan fingerprint density at radius 2 is 2.15 bits per heavy atom. The van der Waals surface area contributed by atoms with Gasteiger partial charge in [0, 0.05) is 6.07 Å². The molecule has 6 nitrogen and oxygen atoms in total. The molecule has 1 aromatic heterocycles. The summed E-state index contributed by atoms with van der Waals surface area (Å²) in [4.78, 5) is 23.0. The first kappa shape index (κ1) is 13.7. The van der Waals surface area contributed by atoms with E-state index in [9.17, 15) is 9.59 Å². The molecule has 0 unspecified atom stereocenters. The van der Waals surface area contributed by atoms with Gasteiger partial charge in [-0.15, -0.1) is 0 Å². The number of ether oxygens (including phenoxy) is 2. The number of hydrogen-bond acceptors (Lipinski definition) is 6. The van der Waals surface area contributed by atoms with Gasteiger partial charge in [-0.05, 0) is 18.2 Å². The van der Waals surface area contributed by atoms with E-state index in [-0.39, 0.29) is 12.4 Å². The number of aromatic hydroxyl groups is 1. The summed E-state index contributed by atoms with van der Waals surface area (Å²) in [6.45, 7) is -0.203. The number of methoxy groups -OCH3 is 1. The zero-order valence-electron chi connectivity index (χ0n) is 10.7. The fraction of sp³-hybridized carbons (Fsp3) is 0.143. The first-order chi connectivity index (χ1) is 9.60. The predicted octanol–water partition coefficient (Wildman–Crippen LogP) is 1.71. The van der Waals surface area contributed by atoms with Crippen molar-refractivity contribution in [3.8, 4) is 11.5 Å². The molecule has 1 N–H and O–H groups in total. The molecule has 20 heavy (non-hydrogen) atoms. The van der Waals surface area contributed by atoms with Gasteiger partial charge >= 0.3 is 5.97 Å². The molecule has 0 saturated carbocycles. The van der Waals surface area contributed by atoms with Gasteiger partial charge in [-0.25, -0.2) is 4.79 Å². The Labute approximate surface area is 114 Å². The number of carbonyl (C=O) groups is 1. The van der Waals surface area contributed by atoms with Gasteiger partial charge in [-0.3, -0.25) is 4.79 Å². The highest BCUT2D eigenvalue weighted by Crippen LogP contribution is 2.14. The molecule has 104 valence electrons. The van der Waals surface area contributed by atoms with Crippen molar-refractivity contribution in [2.45, 2.75) is 6.61 Å². The molecule has 0 fully saturated rings. The SMILES string of the molecule is COc1cccc(C(=O)OCc2cc(=O)c(O)co2)c1. The number of hydrogen-bond donors (Lipinski definition) is 1. The summed E-state index contributed by atoms with van der Waals surface area (Å²) < 4.78 is 14.9. The lowest BCUT2D eigenvalue weighted by Gasteiger charge is -2.05. The normalized spacial score (nSPS) is 10.1. The Hall–Kier alpha value is -2.76. The van der Waals surface area contributed by atoms with Gasteiger partial charge in [0.05, 0.1) is 12.7 Å². The zero-order chi connectivity index (χ0) is 14.5. The molecular weight excluding hydrogens is 264 g/mol. The quantitative estimate of drug-likeness (QED) is 0.855. The molecule has 1 aromatic carbocycles. The van der Waals surface area contributed by atoms with Crippen LogP contribution in [0.15, 0.2) is 45.8 Å². The van der Waals surface area contributed by atoms with Crippen LogP contribution in [0.25, 0.3) is 0 Å². The van der Waals surface area contributed by atoms with Gasteiger partial charge in [-0.1, -0.05) is 6.07 Å². The third-order valence-electron chi connectivity index (χ3n) is 2.52. The molecule has 6 heteroatoms. The van der Waals surface area contributed by atoms with Gasteiger partial charge in [0.1, 0.15) is 24.4 Å². The summed E-state index contributed by atoms with van der Waals surface area (Å²) in [6.07, 6.45) is 0.900. The van der Waals surface area contributed by atoms with E-state index in [1.54, 1.807) is 18.2 Å². The molecule has 0 saturated heterocycles. The first-order valence-electron chi connectivity index (χ1n) is 5.72. The standard InChI is InChI=1S/C14H12O6/c1-18-10-4-2-3-9(5-10)14(17)20-7-11-6-12(15)13(16)8-19-11/h2-6,8,16H,7H2,1H3. The van der Waals surface area contributed by atoms with Gasteiger partial charge < -0.3 is 19.0 Å². The second-order valence-electron chi connectivity index (χ2n) is 3.90. The summed E-state index contributed by atoms with van der Waals surface area (Å²) in [6, 6.07) is 7.55. The second-order valence-corrected chi connectivity index (χ2v) is 3.90. The topological polar surface area (TPSA) is 86.0 Å². The average Bonchev–Trinajstić information content (AvgIpc) is 2.48. The molecule has 0 bridgehead atoms. The smallest absolute Gasteiger partial charge is 0.338 e. The van der Waals surface area contributed by atoms with Gasteiger partial charge in [0.15, 0.2) is 5.75 Å². The summed E-state index contributed by atoms with van der Waals surface area (Å²) in [5, 5.41) is 9.03. The highest BCUT2D eigenvalue weighted by Gasteiger charge is 2.10. The van der Waals surface area contributed by atoms with Crippen molar-refractivity contribution in [3.63, 3.8) is 0 Å². The number of esters is 1. The van der Waals surface area contributed by atoms with Crippen LogP contribution in [0.5, 0.6) is 11.5 Å².